The molecule has 0 radical (unpaired) electrons. The van der Waals surface area contributed by atoms with Gasteiger partial charge in [0.2, 0.25) is 0 Å². The van der Waals surface area contributed by atoms with Crippen molar-refractivity contribution >= 4 is 78.7 Å². The Bertz CT molecular complexity index is 8100. The van der Waals surface area contributed by atoms with Gasteiger partial charge in [0.15, 0.2) is 22.6 Å². The van der Waals surface area contributed by atoms with Crippen molar-refractivity contribution < 1.29 is 74.8 Å². The SMILES string of the molecule is Cc1ncc(COc2cc(F)cc(Oc3ccc(-c4nn(C5CCOCC5)c5ncnc(N)c45)cc3)c2)cn1.Cc1ncc(COc2cc(F)cc(Oc3ccc(-c4nn(CCCO)c5ncnc(N)c45)cc3)c2)s1.Cn1cccc1COc1cc(F)cc(Oc2ccc(-c3nn(CCO)c4ncnc(N)c34)c(F)c2)c1.Cn1cncc1COc1cc(F)cc(Oc2ccc(-c3nn(C4CCCCC4)c4ncnc(N)c34)cc2)c1. The van der Waals surface area contributed by atoms with Crippen LogP contribution in [-0.4, -0.2) is 145 Å². The molecule has 43 heteroatoms. The number of thiazole rings is 1. The van der Waals surface area contributed by atoms with Gasteiger partial charge in [-0.3, -0.25) is 0 Å². The van der Waals surface area contributed by atoms with Crippen LogP contribution < -0.4 is 60.8 Å². The van der Waals surface area contributed by atoms with Crippen LogP contribution in [0, 0.1) is 42.9 Å². The second kappa shape index (κ2) is 45.7. The van der Waals surface area contributed by atoms with E-state index in [1.165, 1.54) is 133 Å². The molecule has 0 spiro atoms. The first kappa shape index (κ1) is 100.0. The third-order valence-corrected chi connectivity index (χ3v) is 25.3. The van der Waals surface area contributed by atoms with Crippen LogP contribution in [0.25, 0.3) is 89.2 Å². The molecule has 2 aliphatic rings. The average Bonchev–Trinajstić information content (AvgIpc) is 1.62. The molecule has 10 N–H and O–H groups in total. The van der Waals surface area contributed by atoms with Crippen LogP contribution in [0.4, 0.5) is 45.2 Å². The molecule has 0 amide bonds. The van der Waals surface area contributed by atoms with Crippen molar-refractivity contribution in [3.8, 4) is 114 Å². The highest BCUT2D eigenvalue weighted by Crippen LogP contribution is 2.43. The van der Waals surface area contributed by atoms with E-state index in [4.69, 9.17) is 75.8 Å². The van der Waals surface area contributed by atoms with Gasteiger partial charge < -0.3 is 84.9 Å². The molecule has 760 valence electrons. The molecule has 1 saturated heterocycles. The minimum atomic E-state index is -0.636. The Kier molecular flexibility index (Phi) is 30.7. The van der Waals surface area contributed by atoms with Gasteiger partial charge in [0.1, 0.15) is 202 Å². The summed E-state index contributed by atoms with van der Waals surface area (Å²) in [6, 6.07) is 47.2. The Labute approximate surface area is 851 Å². The van der Waals surface area contributed by atoms with E-state index in [0.29, 0.717) is 158 Å². The molecular weight excluding hydrogens is 1940 g/mol. The topological polar surface area (TPSA) is 463 Å². The zero-order chi connectivity index (χ0) is 103. The highest BCUT2D eigenvalue weighted by molar-refractivity contribution is 7.11. The summed E-state index contributed by atoms with van der Waals surface area (Å²) in [5, 5.41) is 40.8. The number of aliphatic hydroxyl groups is 2. The molecule has 0 unspecified atom stereocenters. The van der Waals surface area contributed by atoms with Gasteiger partial charge in [-0.05, 0) is 143 Å². The molecule has 20 aromatic rings. The van der Waals surface area contributed by atoms with Crippen LogP contribution in [-0.2, 0) is 58.3 Å². The van der Waals surface area contributed by atoms with Gasteiger partial charge in [-0.15, -0.1) is 11.3 Å². The van der Waals surface area contributed by atoms with Gasteiger partial charge in [-0.1, -0.05) is 19.3 Å². The fourth-order valence-corrected chi connectivity index (χ4v) is 17.8. The standard InChI is InChI=1S/C28H26FN7O3.C28H28FN7O2.C25H22F2N6O3.C25H23FN6O3S/c1-17-31-13-18(14-32-17)15-38-23-10-20(29)11-24(12-23)39-22-4-2-19(3-5-22)26-25-27(30)33-16-34-28(25)36(35-26)21-6-8-37-9-7-21;1-35-17-31-14-21(35)15-37-23-11-19(29)12-24(13-23)38-22-9-7-18(8-10-22)26-25-27(30)32-16-33-28(25)36(34-26)20-5-3-2-4-6-20;1-32-6-2-3-16(32)13-35-18-9-15(26)10-19(11-18)36-17-4-5-20(21(27)12-17)23-22-24(28)29-14-30-25(22)33(31-23)7-8-34;1-15-28-12-21(36-15)13-34-19-9-17(26)10-20(11-19)35-18-5-3-16(4-6-18)23-22-24(27)29-14-30-25(22)32(31-23)7-2-8-33/h2-5,10-14,16,21H,6-9,15H2,1H3,(H2,30,33,34);7-14,16-17,20H,2-6,15H2,1H3,(H2,30,32,33);2-6,9-12,14,34H,7-8,13H2,1H3,(H2,28,29,30);3-6,9-12,14,33H,2,7-8,13H2,1H3,(H2,27,29,30). The summed E-state index contributed by atoms with van der Waals surface area (Å²) >= 11 is 1.53. The second-order valence-corrected chi connectivity index (χ2v) is 36.2. The molecule has 2 fully saturated rings. The third-order valence-electron chi connectivity index (χ3n) is 24.4. The van der Waals surface area contributed by atoms with Crippen molar-refractivity contribution in [2.45, 2.75) is 117 Å². The Morgan fingerprint density at radius 3 is 1.26 bits per heavy atom. The van der Waals surface area contributed by atoms with Crippen LogP contribution in [0.15, 0.2) is 239 Å². The fraction of sp³-hybridized carbons (Fsp3) is 0.226. The number of aliphatic hydroxyl groups excluding tert-OH is 2. The highest BCUT2D eigenvalue weighted by atomic mass is 32.1. The Morgan fingerprint density at radius 1 is 0.389 bits per heavy atom. The van der Waals surface area contributed by atoms with Crippen molar-refractivity contribution in [2.24, 2.45) is 14.1 Å². The molecule has 8 aromatic carbocycles. The van der Waals surface area contributed by atoms with Crippen LogP contribution in [0.3, 0.4) is 0 Å². The number of imidazole rings is 1. The second-order valence-electron chi connectivity index (χ2n) is 34.9. The summed E-state index contributed by atoms with van der Waals surface area (Å²) in [6.45, 7) is 6.63. The van der Waals surface area contributed by atoms with E-state index in [-0.39, 0.29) is 79.9 Å². The first-order chi connectivity index (χ1) is 72.5. The molecule has 0 bridgehead atoms. The number of nitrogens with two attached hydrogens (primary N) is 4. The first-order valence-electron chi connectivity index (χ1n) is 47.5. The van der Waals surface area contributed by atoms with Gasteiger partial charge in [-0.2, -0.15) is 20.4 Å². The predicted molar refractivity (Wildman–Crippen MR) is 546 cm³/mol. The van der Waals surface area contributed by atoms with Gasteiger partial charge in [0.05, 0.1) is 80.6 Å². The molecule has 13 heterocycles. The zero-order valence-corrected chi connectivity index (χ0v) is 81.7. The van der Waals surface area contributed by atoms with Crippen molar-refractivity contribution in [3.05, 3.63) is 300 Å². The van der Waals surface area contributed by atoms with Crippen molar-refractivity contribution in [2.75, 3.05) is 49.4 Å². The molecular formula is C106H99F5N26O11S. The maximum absolute atomic E-state index is 15.2. The number of hydrogen-bond acceptors (Lipinski definition) is 32. The molecule has 1 aliphatic heterocycles. The van der Waals surface area contributed by atoms with Gasteiger partial charge >= 0.3 is 0 Å². The van der Waals surface area contributed by atoms with Crippen LogP contribution in [0.2, 0.25) is 0 Å². The van der Waals surface area contributed by atoms with Crippen LogP contribution in [0.5, 0.6) is 69.0 Å². The number of fused-ring (bicyclic) bond motifs is 4. The normalized spacial score (nSPS) is 12.7. The van der Waals surface area contributed by atoms with Gasteiger partial charge in [0.25, 0.3) is 0 Å². The Hall–Kier alpha value is -17.7. The number of rotatable bonds is 31. The number of benzene rings is 8. The minimum absolute atomic E-state index is 0.0427. The van der Waals surface area contributed by atoms with E-state index in [1.807, 2.05) is 106 Å². The van der Waals surface area contributed by atoms with Gasteiger partial charge in [-0.25, -0.2) is 100 Å². The lowest BCUT2D eigenvalue weighted by atomic mass is 9.96. The number of aromatic nitrogens is 22. The Morgan fingerprint density at radius 2 is 0.812 bits per heavy atom. The third kappa shape index (κ3) is 23.9. The summed E-state index contributed by atoms with van der Waals surface area (Å²) in [7, 11) is 3.76. The summed E-state index contributed by atoms with van der Waals surface area (Å²) in [4.78, 5) is 51.5. The van der Waals surface area contributed by atoms with Crippen molar-refractivity contribution in [3.63, 3.8) is 0 Å². The monoisotopic (exact) mass is 2040 g/mol. The molecule has 0 atom stereocenters. The lowest BCUT2D eigenvalue weighted by molar-refractivity contribution is 0.0674. The van der Waals surface area contributed by atoms with E-state index in [0.717, 1.165) is 85.9 Å². The molecule has 1 aliphatic carbocycles. The zero-order valence-electron chi connectivity index (χ0n) is 80.9. The van der Waals surface area contributed by atoms with E-state index in [2.05, 4.69) is 70.0 Å². The maximum atomic E-state index is 15.2. The molecule has 12 aromatic heterocycles. The minimum Gasteiger partial charge on any atom is -0.489 e. The summed E-state index contributed by atoms with van der Waals surface area (Å²) < 4.78 is 135. The van der Waals surface area contributed by atoms with Crippen LogP contribution in [0.1, 0.15) is 96.1 Å². The molecule has 149 heavy (non-hydrogen) atoms. The van der Waals surface area contributed by atoms with E-state index >= 15 is 4.39 Å². The van der Waals surface area contributed by atoms with E-state index in [9.17, 15) is 27.8 Å². The summed E-state index contributed by atoms with van der Waals surface area (Å²) in [5.74, 6) is 3.55. The summed E-state index contributed by atoms with van der Waals surface area (Å²) in [6.07, 6.45) is 24.0. The largest absolute Gasteiger partial charge is 0.489 e. The van der Waals surface area contributed by atoms with E-state index < -0.39 is 29.1 Å². The lowest BCUT2D eigenvalue weighted by Crippen LogP contribution is -2.20. The predicted octanol–water partition coefficient (Wildman–Crippen LogP) is 19.6. The highest BCUT2D eigenvalue weighted by Gasteiger charge is 2.29. The van der Waals surface area contributed by atoms with E-state index in [1.54, 1.807) is 85.2 Å². The Balaban J connectivity index is 0.000000125. The smallest absolute Gasteiger partial charge is 0.164 e. The maximum Gasteiger partial charge on any atom is 0.164 e. The number of hydrogen-bond donors (Lipinski definition) is 6. The molecule has 37 nitrogen and oxygen atoms in total. The number of aryl methyl sites for hydroxylation is 5. The number of ether oxygens (including phenoxy) is 9. The molecule has 1 saturated carbocycles. The number of halogens is 5. The summed E-state index contributed by atoms with van der Waals surface area (Å²) in [5.41, 5.74) is 34.7. The number of anilines is 4. The van der Waals surface area contributed by atoms with Crippen molar-refractivity contribution in [1.29, 1.82) is 0 Å². The number of nitrogens with zero attached hydrogens (tertiary/aromatic N) is 22. The molecule has 22 rings (SSSR count). The fourth-order valence-electron chi connectivity index (χ4n) is 17.1. The lowest BCUT2D eigenvalue weighted by Gasteiger charge is -2.22. The quantitative estimate of drug-likeness (QED) is 0.0220. The first-order valence-corrected chi connectivity index (χ1v) is 48.3. The number of nitrogen functional groups attached to an aromatic ring is 4. The van der Waals surface area contributed by atoms with Gasteiger partial charge in [0, 0.05) is 172 Å². The average molecular weight is 2040 g/mol. The van der Waals surface area contributed by atoms with Crippen LogP contribution >= 0.6 is 11.3 Å². The van der Waals surface area contributed by atoms with Crippen molar-refractivity contribution in [1.82, 2.24) is 108 Å².